The Kier molecular flexibility index (Phi) is 5.38. The van der Waals surface area contributed by atoms with E-state index in [0.717, 1.165) is 5.69 Å². The summed E-state index contributed by atoms with van der Waals surface area (Å²) in [4.78, 5) is 24.6. The summed E-state index contributed by atoms with van der Waals surface area (Å²) in [6, 6.07) is 3.59. The van der Waals surface area contributed by atoms with E-state index in [1.54, 1.807) is 36.5 Å². The minimum absolute atomic E-state index is 0.0243. The van der Waals surface area contributed by atoms with E-state index in [1.165, 1.54) is 6.92 Å². The van der Waals surface area contributed by atoms with Crippen molar-refractivity contribution in [2.45, 2.75) is 6.92 Å². The van der Waals surface area contributed by atoms with Crippen molar-refractivity contribution in [3.8, 4) is 0 Å². The van der Waals surface area contributed by atoms with E-state index in [2.05, 4.69) is 4.98 Å². The van der Waals surface area contributed by atoms with Gasteiger partial charge in [-0.05, 0) is 12.1 Å². The lowest BCUT2D eigenvalue weighted by Crippen LogP contribution is -2.22. The largest absolute Gasteiger partial charge is 0.328 e. The molecule has 0 aliphatic rings. The molecule has 1 N–H and O–H groups in total. The van der Waals surface area contributed by atoms with Crippen molar-refractivity contribution in [2.24, 2.45) is 0 Å². The Morgan fingerprint density at radius 3 is 2.27 bits per heavy atom. The molecule has 0 saturated heterocycles. The zero-order chi connectivity index (χ0) is 11.8. The second kappa shape index (κ2) is 6.30. The average Bonchev–Trinajstić information content (AvgIpc) is 2.17. The molecule has 15 heavy (non-hydrogen) atoms. The van der Waals surface area contributed by atoms with Crippen LogP contribution < -0.4 is 4.90 Å². The summed E-state index contributed by atoms with van der Waals surface area (Å²) in [5.74, 6) is 0.0243. The lowest BCUT2D eigenvalue weighted by molar-refractivity contribution is -0.742. The first-order chi connectivity index (χ1) is 6.95. The van der Waals surface area contributed by atoms with Crippen LogP contribution in [-0.4, -0.2) is 28.2 Å². The molecule has 0 unspecified atom stereocenters. The van der Waals surface area contributed by atoms with Gasteiger partial charge >= 0.3 is 0 Å². The summed E-state index contributed by atoms with van der Waals surface area (Å²) >= 11 is 0. The van der Waals surface area contributed by atoms with Crippen molar-refractivity contribution >= 4 is 11.6 Å². The standard InChI is InChI=1S/C8H10N2O.HNO3/c1-7(11)10(2)8-3-5-9-6-4-8;2-1(3)4/h3-6H,1-2H3;(H,2,3,4). The van der Waals surface area contributed by atoms with Gasteiger partial charge in [0.15, 0.2) is 0 Å². The number of aromatic nitrogens is 1. The highest BCUT2D eigenvalue weighted by Gasteiger charge is 2.02. The fraction of sp³-hybridized carbons (Fsp3) is 0.250. The molecule has 1 aromatic rings. The molecule has 0 saturated carbocycles. The molecular formula is C8H11N3O4. The fourth-order valence-corrected chi connectivity index (χ4v) is 0.749. The molecule has 0 fully saturated rings. The molecule has 0 aliphatic heterocycles. The van der Waals surface area contributed by atoms with Crippen LogP contribution in [0.5, 0.6) is 0 Å². The fourth-order valence-electron chi connectivity index (χ4n) is 0.749. The molecule has 0 radical (unpaired) electrons. The van der Waals surface area contributed by atoms with Crippen LogP contribution in [-0.2, 0) is 4.79 Å². The Hall–Kier alpha value is -2.18. The van der Waals surface area contributed by atoms with Gasteiger partial charge in [-0.25, -0.2) is 0 Å². The number of rotatable bonds is 1. The summed E-state index contributed by atoms with van der Waals surface area (Å²) < 4.78 is 0. The Balaban J connectivity index is 0.000000423. The Labute approximate surface area is 86.1 Å². The summed E-state index contributed by atoms with van der Waals surface area (Å²) in [5.41, 5.74) is 0.868. The highest BCUT2D eigenvalue weighted by Crippen LogP contribution is 2.08. The van der Waals surface area contributed by atoms with Crippen LogP contribution in [0.3, 0.4) is 0 Å². The highest BCUT2D eigenvalue weighted by atomic mass is 16.9. The van der Waals surface area contributed by atoms with E-state index < -0.39 is 5.09 Å². The van der Waals surface area contributed by atoms with Gasteiger partial charge in [0.1, 0.15) is 0 Å². The van der Waals surface area contributed by atoms with E-state index in [4.69, 9.17) is 15.3 Å². The van der Waals surface area contributed by atoms with Gasteiger partial charge < -0.3 is 10.1 Å². The third kappa shape index (κ3) is 5.97. The molecule has 0 spiro atoms. The molecular weight excluding hydrogens is 202 g/mol. The summed E-state index contributed by atoms with van der Waals surface area (Å²) in [7, 11) is 1.73. The number of hydrogen-bond acceptors (Lipinski definition) is 4. The first-order valence-corrected chi connectivity index (χ1v) is 3.92. The molecule has 7 nitrogen and oxygen atoms in total. The van der Waals surface area contributed by atoms with E-state index in [0.29, 0.717) is 0 Å². The van der Waals surface area contributed by atoms with Crippen LogP contribution in [0.4, 0.5) is 5.69 Å². The first kappa shape index (κ1) is 12.8. The second-order valence-electron chi connectivity index (χ2n) is 2.52. The minimum atomic E-state index is -1.50. The van der Waals surface area contributed by atoms with Gasteiger partial charge in [-0.3, -0.25) is 9.78 Å². The maximum atomic E-state index is 10.8. The van der Waals surface area contributed by atoms with Crippen LogP contribution in [0.2, 0.25) is 0 Å². The van der Waals surface area contributed by atoms with Crippen molar-refractivity contribution in [3.63, 3.8) is 0 Å². The van der Waals surface area contributed by atoms with Crippen LogP contribution in [0.25, 0.3) is 0 Å². The van der Waals surface area contributed by atoms with Crippen LogP contribution >= 0.6 is 0 Å². The van der Waals surface area contributed by atoms with Gasteiger partial charge in [-0.2, -0.15) is 0 Å². The molecule has 1 aromatic heterocycles. The van der Waals surface area contributed by atoms with E-state index in [1.807, 2.05) is 0 Å². The third-order valence-corrected chi connectivity index (χ3v) is 1.52. The quantitative estimate of drug-likeness (QED) is 0.547. The highest BCUT2D eigenvalue weighted by molar-refractivity contribution is 5.90. The minimum Gasteiger partial charge on any atom is -0.328 e. The molecule has 1 amide bonds. The molecule has 82 valence electrons. The van der Waals surface area contributed by atoms with Crippen LogP contribution in [0.1, 0.15) is 6.92 Å². The van der Waals surface area contributed by atoms with Gasteiger partial charge in [0.25, 0.3) is 5.09 Å². The second-order valence-corrected chi connectivity index (χ2v) is 2.52. The third-order valence-electron chi connectivity index (χ3n) is 1.52. The van der Waals surface area contributed by atoms with E-state index in [-0.39, 0.29) is 5.91 Å². The predicted octanol–water partition coefficient (Wildman–Crippen LogP) is 0.717. The van der Waals surface area contributed by atoms with Crippen LogP contribution in [0, 0.1) is 10.1 Å². The Morgan fingerprint density at radius 2 is 1.93 bits per heavy atom. The zero-order valence-electron chi connectivity index (χ0n) is 8.32. The van der Waals surface area contributed by atoms with Crippen molar-refractivity contribution in [1.29, 1.82) is 0 Å². The Morgan fingerprint density at radius 1 is 1.53 bits per heavy atom. The first-order valence-electron chi connectivity index (χ1n) is 3.92. The van der Waals surface area contributed by atoms with E-state index in [9.17, 15) is 4.79 Å². The number of amides is 1. The topological polar surface area (TPSA) is 96.6 Å². The van der Waals surface area contributed by atoms with Gasteiger partial charge in [-0.15, -0.1) is 10.1 Å². The molecule has 0 aromatic carbocycles. The van der Waals surface area contributed by atoms with Gasteiger partial charge in [0.2, 0.25) is 5.91 Å². The maximum absolute atomic E-state index is 10.8. The molecule has 1 rings (SSSR count). The lowest BCUT2D eigenvalue weighted by Gasteiger charge is -2.13. The summed E-state index contributed by atoms with van der Waals surface area (Å²) in [5, 5.41) is 13.6. The molecule has 0 atom stereocenters. The van der Waals surface area contributed by atoms with Gasteiger partial charge in [0, 0.05) is 32.1 Å². The molecule has 1 heterocycles. The monoisotopic (exact) mass is 213 g/mol. The maximum Gasteiger partial charge on any atom is 0.291 e. The number of nitrogens with zero attached hydrogens (tertiary/aromatic N) is 3. The Bertz CT molecular complexity index is 324. The van der Waals surface area contributed by atoms with Crippen molar-refractivity contribution < 1.29 is 15.1 Å². The average molecular weight is 213 g/mol. The number of anilines is 1. The van der Waals surface area contributed by atoms with Crippen LogP contribution in [0.15, 0.2) is 24.5 Å². The molecule has 7 heteroatoms. The van der Waals surface area contributed by atoms with E-state index >= 15 is 0 Å². The number of hydrogen-bond donors (Lipinski definition) is 1. The van der Waals surface area contributed by atoms with Gasteiger partial charge in [-0.1, -0.05) is 0 Å². The van der Waals surface area contributed by atoms with Crippen molar-refractivity contribution in [2.75, 3.05) is 11.9 Å². The van der Waals surface area contributed by atoms with Crippen molar-refractivity contribution in [3.05, 3.63) is 34.6 Å². The summed E-state index contributed by atoms with van der Waals surface area (Å²) in [6.45, 7) is 1.53. The molecule has 0 bridgehead atoms. The zero-order valence-corrected chi connectivity index (χ0v) is 8.32. The number of carbonyl (C=O) groups excluding carboxylic acids is 1. The number of pyridine rings is 1. The smallest absolute Gasteiger partial charge is 0.291 e. The van der Waals surface area contributed by atoms with Crippen molar-refractivity contribution in [1.82, 2.24) is 4.98 Å². The lowest BCUT2D eigenvalue weighted by atomic mass is 10.4. The van der Waals surface area contributed by atoms with Gasteiger partial charge in [0.05, 0.1) is 0 Å². The SMILES string of the molecule is CC(=O)N(C)c1ccncc1.O=[N+]([O-])O. The number of carbonyl (C=O) groups is 1. The summed E-state index contributed by atoms with van der Waals surface area (Å²) in [6.07, 6.45) is 3.32. The predicted molar refractivity (Wildman–Crippen MR) is 52.1 cm³/mol. The molecule has 0 aliphatic carbocycles. The normalized spacial score (nSPS) is 8.40.